The fourth-order valence-electron chi connectivity index (χ4n) is 1.19. The van der Waals surface area contributed by atoms with Crippen LogP contribution in [0.5, 0.6) is 0 Å². The third kappa shape index (κ3) is 6.96. The Balaban J connectivity index is 3.36. The quantitative estimate of drug-likeness (QED) is 0.507. The van der Waals surface area contributed by atoms with Gasteiger partial charge in [-0.1, -0.05) is 19.1 Å². The van der Waals surface area contributed by atoms with E-state index in [9.17, 15) is 0 Å². The van der Waals surface area contributed by atoms with Crippen LogP contribution in [0.4, 0.5) is 0 Å². The molecule has 0 aromatic carbocycles. The second-order valence-electron chi connectivity index (χ2n) is 3.66. The van der Waals surface area contributed by atoms with Crippen molar-refractivity contribution in [2.24, 2.45) is 5.73 Å². The zero-order valence-electron chi connectivity index (χ0n) is 9.05. The lowest BCUT2D eigenvalue weighted by molar-refractivity contribution is 0.248. The summed E-state index contributed by atoms with van der Waals surface area (Å²) < 4.78 is 0. The van der Waals surface area contributed by atoms with Crippen LogP contribution in [0.15, 0.2) is 0 Å². The fourth-order valence-corrected chi connectivity index (χ4v) is 1.34. The van der Waals surface area contributed by atoms with Gasteiger partial charge < -0.3 is 10.6 Å². The lowest BCUT2D eigenvalue weighted by Crippen LogP contribution is -2.29. The highest BCUT2D eigenvalue weighted by molar-refractivity contribution is 7.80. The number of hydrogen-bond donors (Lipinski definition) is 1. The van der Waals surface area contributed by atoms with Crippen molar-refractivity contribution in [3.63, 3.8) is 0 Å². The lowest BCUT2D eigenvalue weighted by atomic mass is 10.2. The molecule has 0 fully saturated rings. The highest BCUT2D eigenvalue weighted by Crippen LogP contribution is 2.03. The van der Waals surface area contributed by atoms with Gasteiger partial charge in [-0.05, 0) is 46.2 Å². The molecule has 0 heterocycles. The summed E-state index contributed by atoms with van der Waals surface area (Å²) in [7, 11) is 2.18. The van der Waals surface area contributed by atoms with E-state index >= 15 is 0 Å². The van der Waals surface area contributed by atoms with E-state index in [1.807, 2.05) is 0 Å². The molecule has 0 aliphatic heterocycles. The second kappa shape index (κ2) is 7.27. The SMILES string of the molecule is CCC(C)N(C)CCCCC(N)=S. The molecule has 78 valence electrons. The van der Waals surface area contributed by atoms with Gasteiger partial charge in [0.25, 0.3) is 0 Å². The molecule has 3 heteroatoms. The Labute approximate surface area is 87.5 Å². The van der Waals surface area contributed by atoms with E-state index in [0.29, 0.717) is 11.0 Å². The van der Waals surface area contributed by atoms with Crippen molar-refractivity contribution >= 4 is 17.2 Å². The minimum absolute atomic E-state index is 0.645. The van der Waals surface area contributed by atoms with E-state index in [0.717, 1.165) is 19.4 Å². The minimum atomic E-state index is 0.645. The summed E-state index contributed by atoms with van der Waals surface area (Å²) in [4.78, 5) is 3.03. The Morgan fingerprint density at radius 3 is 2.54 bits per heavy atom. The van der Waals surface area contributed by atoms with Crippen LogP contribution in [-0.4, -0.2) is 29.5 Å². The van der Waals surface area contributed by atoms with E-state index in [4.69, 9.17) is 18.0 Å². The van der Waals surface area contributed by atoms with Crippen LogP contribution >= 0.6 is 12.2 Å². The third-order valence-electron chi connectivity index (χ3n) is 2.53. The van der Waals surface area contributed by atoms with E-state index in [1.165, 1.54) is 12.8 Å². The van der Waals surface area contributed by atoms with Gasteiger partial charge in [0.2, 0.25) is 0 Å². The van der Waals surface area contributed by atoms with Gasteiger partial charge >= 0.3 is 0 Å². The Kier molecular flexibility index (Phi) is 7.19. The molecule has 0 aromatic rings. The molecule has 1 unspecified atom stereocenters. The van der Waals surface area contributed by atoms with E-state index in [1.54, 1.807) is 0 Å². The van der Waals surface area contributed by atoms with Gasteiger partial charge in [-0.15, -0.1) is 0 Å². The first-order chi connectivity index (χ1) is 6.07. The number of thiocarbonyl (C=S) groups is 1. The molecule has 0 aromatic heterocycles. The van der Waals surface area contributed by atoms with Gasteiger partial charge in [-0.2, -0.15) is 0 Å². The zero-order valence-corrected chi connectivity index (χ0v) is 9.86. The first-order valence-corrected chi connectivity index (χ1v) is 5.47. The van der Waals surface area contributed by atoms with Crippen molar-refractivity contribution in [3.8, 4) is 0 Å². The number of hydrogen-bond acceptors (Lipinski definition) is 2. The molecule has 0 aliphatic rings. The molecular formula is C10H22N2S. The summed E-state index contributed by atoms with van der Waals surface area (Å²) in [5, 5.41) is 0. The van der Waals surface area contributed by atoms with Crippen molar-refractivity contribution in [1.29, 1.82) is 0 Å². The van der Waals surface area contributed by atoms with Gasteiger partial charge in [0.05, 0.1) is 4.99 Å². The Hall–Kier alpha value is -0.150. The van der Waals surface area contributed by atoms with Gasteiger partial charge in [0, 0.05) is 6.04 Å². The molecule has 13 heavy (non-hydrogen) atoms. The van der Waals surface area contributed by atoms with Crippen molar-refractivity contribution in [3.05, 3.63) is 0 Å². The lowest BCUT2D eigenvalue weighted by Gasteiger charge is -2.23. The van der Waals surface area contributed by atoms with Crippen LogP contribution in [0, 0.1) is 0 Å². The molecule has 2 nitrogen and oxygen atoms in total. The van der Waals surface area contributed by atoms with Crippen LogP contribution in [0.1, 0.15) is 39.5 Å². The first kappa shape index (κ1) is 12.8. The highest BCUT2D eigenvalue weighted by atomic mass is 32.1. The first-order valence-electron chi connectivity index (χ1n) is 5.06. The summed E-state index contributed by atoms with van der Waals surface area (Å²) >= 11 is 4.81. The van der Waals surface area contributed by atoms with Gasteiger partial charge in [-0.3, -0.25) is 0 Å². The predicted molar refractivity (Wildman–Crippen MR) is 63.0 cm³/mol. The van der Waals surface area contributed by atoms with Crippen molar-refractivity contribution < 1.29 is 0 Å². The summed E-state index contributed by atoms with van der Waals surface area (Å²) in [6, 6.07) is 0.685. The van der Waals surface area contributed by atoms with E-state index in [-0.39, 0.29) is 0 Å². The molecular weight excluding hydrogens is 180 g/mol. The van der Waals surface area contributed by atoms with Gasteiger partial charge in [0.15, 0.2) is 0 Å². The summed E-state index contributed by atoms with van der Waals surface area (Å²) in [5.41, 5.74) is 5.41. The summed E-state index contributed by atoms with van der Waals surface area (Å²) in [5.74, 6) is 0. The number of nitrogens with zero attached hydrogens (tertiary/aromatic N) is 1. The molecule has 0 spiro atoms. The summed E-state index contributed by atoms with van der Waals surface area (Å²) in [6.07, 6.45) is 4.42. The average Bonchev–Trinajstić information content (AvgIpc) is 2.10. The Morgan fingerprint density at radius 1 is 1.46 bits per heavy atom. The Bertz CT molecular complexity index is 148. The number of nitrogens with two attached hydrogens (primary N) is 1. The normalized spacial score (nSPS) is 13.2. The topological polar surface area (TPSA) is 29.3 Å². The number of unbranched alkanes of at least 4 members (excludes halogenated alkanes) is 1. The molecule has 0 radical (unpaired) electrons. The summed E-state index contributed by atoms with van der Waals surface area (Å²) in [6.45, 7) is 5.63. The fraction of sp³-hybridized carbons (Fsp3) is 0.900. The largest absolute Gasteiger partial charge is 0.393 e. The molecule has 2 N–H and O–H groups in total. The maximum atomic E-state index is 5.41. The van der Waals surface area contributed by atoms with Gasteiger partial charge in [0.1, 0.15) is 0 Å². The van der Waals surface area contributed by atoms with Crippen molar-refractivity contribution in [2.45, 2.75) is 45.6 Å². The molecule has 0 aliphatic carbocycles. The van der Waals surface area contributed by atoms with Crippen LogP contribution in [-0.2, 0) is 0 Å². The molecule has 0 saturated heterocycles. The van der Waals surface area contributed by atoms with E-state index < -0.39 is 0 Å². The monoisotopic (exact) mass is 202 g/mol. The van der Waals surface area contributed by atoms with Crippen molar-refractivity contribution in [1.82, 2.24) is 4.90 Å². The molecule has 0 bridgehead atoms. The smallest absolute Gasteiger partial charge is 0.0727 e. The Morgan fingerprint density at radius 2 is 2.08 bits per heavy atom. The van der Waals surface area contributed by atoms with E-state index in [2.05, 4.69) is 25.8 Å². The van der Waals surface area contributed by atoms with Crippen LogP contribution in [0.2, 0.25) is 0 Å². The number of rotatable bonds is 7. The zero-order chi connectivity index (χ0) is 10.3. The maximum absolute atomic E-state index is 5.41. The predicted octanol–water partition coefficient (Wildman–Crippen LogP) is 2.17. The minimum Gasteiger partial charge on any atom is -0.393 e. The average molecular weight is 202 g/mol. The molecule has 1 atom stereocenters. The molecule has 0 saturated carbocycles. The standard InChI is InChI=1S/C10H22N2S/c1-4-9(2)12(3)8-6-5-7-10(11)13/h9H,4-8H2,1-3H3,(H2,11,13). The van der Waals surface area contributed by atoms with Crippen LogP contribution < -0.4 is 5.73 Å². The molecule has 0 rings (SSSR count). The van der Waals surface area contributed by atoms with Crippen LogP contribution in [0.3, 0.4) is 0 Å². The maximum Gasteiger partial charge on any atom is 0.0727 e. The van der Waals surface area contributed by atoms with Crippen LogP contribution in [0.25, 0.3) is 0 Å². The highest BCUT2D eigenvalue weighted by Gasteiger charge is 2.05. The second-order valence-corrected chi connectivity index (χ2v) is 4.19. The van der Waals surface area contributed by atoms with Crippen molar-refractivity contribution in [2.75, 3.05) is 13.6 Å². The molecule has 0 amide bonds. The van der Waals surface area contributed by atoms with Gasteiger partial charge in [-0.25, -0.2) is 0 Å². The third-order valence-corrected chi connectivity index (χ3v) is 2.73.